The zero-order valence-corrected chi connectivity index (χ0v) is 15.0. The summed E-state index contributed by atoms with van der Waals surface area (Å²) in [5, 5.41) is 0. The molecule has 4 heteroatoms. The normalized spacial score (nSPS) is 29.3. The first-order valence-electron chi connectivity index (χ1n) is 8.75. The van der Waals surface area contributed by atoms with Gasteiger partial charge in [-0.15, -0.1) is 0 Å². The molecule has 1 aliphatic heterocycles. The van der Waals surface area contributed by atoms with Crippen molar-refractivity contribution in [1.29, 1.82) is 0 Å². The summed E-state index contributed by atoms with van der Waals surface area (Å²) in [4.78, 5) is 19.5. The number of piperidine rings is 1. The Bertz CT molecular complexity index is 624. The third-order valence-electron chi connectivity index (χ3n) is 5.65. The van der Waals surface area contributed by atoms with Crippen LogP contribution in [-0.2, 0) is 4.79 Å². The highest BCUT2D eigenvalue weighted by Crippen LogP contribution is 2.60. The lowest BCUT2D eigenvalue weighted by Crippen LogP contribution is -2.42. The molecule has 3 atom stereocenters. The summed E-state index contributed by atoms with van der Waals surface area (Å²) in [6, 6.07) is 0.374. The van der Waals surface area contributed by atoms with Crippen molar-refractivity contribution in [1.82, 2.24) is 14.5 Å². The zero-order valence-electron chi connectivity index (χ0n) is 15.0. The molecule has 1 aliphatic carbocycles. The number of rotatable bonds is 3. The van der Waals surface area contributed by atoms with Crippen molar-refractivity contribution in [2.75, 3.05) is 13.1 Å². The third-order valence-corrected chi connectivity index (χ3v) is 5.65. The molecule has 3 rings (SSSR count). The standard InChI is InChI=1S/C19H29N3O/c1-13(2)11-16-17(19(16,4)5)18(23)21-9-6-7-15(12-21)22-10-8-20-14(22)3/h8,10-11,15-17H,6-7,9,12H2,1-5H3/t15-,16-,17+/m1/s1. The molecular formula is C19H29N3O. The SMILES string of the molecule is CC(C)=C[C@@H]1[C@@H](C(=O)N2CCC[C@@H](n3ccnc3C)C2)C1(C)C. The largest absolute Gasteiger partial charge is 0.340 e. The Balaban J connectivity index is 1.71. The Labute approximate surface area is 139 Å². The van der Waals surface area contributed by atoms with Gasteiger partial charge in [-0.25, -0.2) is 4.98 Å². The Morgan fingerprint density at radius 2 is 2.13 bits per heavy atom. The first-order chi connectivity index (χ1) is 10.8. The Hall–Kier alpha value is -1.58. The maximum absolute atomic E-state index is 13.0. The fourth-order valence-corrected chi connectivity index (χ4v) is 4.17. The number of hydrogen-bond acceptors (Lipinski definition) is 2. The van der Waals surface area contributed by atoms with E-state index in [1.165, 1.54) is 5.57 Å². The summed E-state index contributed by atoms with van der Waals surface area (Å²) in [6.45, 7) is 12.4. The molecule has 0 spiro atoms. The second-order valence-corrected chi connectivity index (χ2v) is 8.03. The summed E-state index contributed by atoms with van der Waals surface area (Å²) in [6.07, 6.45) is 8.39. The highest BCUT2D eigenvalue weighted by atomic mass is 16.2. The average molecular weight is 315 g/mol. The number of nitrogens with zero attached hydrogens (tertiary/aromatic N) is 3. The van der Waals surface area contributed by atoms with Gasteiger partial charge in [-0.05, 0) is 44.9 Å². The van der Waals surface area contributed by atoms with Gasteiger partial charge in [0, 0.05) is 25.5 Å². The lowest BCUT2D eigenvalue weighted by Gasteiger charge is -2.34. The van der Waals surface area contributed by atoms with Crippen molar-refractivity contribution in [3.05, 3.63) is 29.9 Å². The van der Waals surface area contributed by atoms with Crippen LogP contribution < -0.4 is 0 Å². The van der Waals surface area contributed by atoms with E-state index in [9.17, 15) is 4.79 Å². The van der Waals surface area contributed by atoms with E-state index in [4.69, 9.17) is 0 Å². The van der Waals surface area contributed by atoms with Gasteiger partial charge in [-0.1, -0.05) is 25.5 Å². The average Bonchev–Trinajstić information content (AvgIpc) is 2.83. The van der Waals surface area contributed by atoms with Gasteiger partial charge in [0.25, 0.3) is 0 Å². The third kappa shape index (κ3) is 2.96. The van der Waals surface area contributed by atoms with Gasteiger partial charge < -0.3 is 9.47 Å². The van der Waals surface area contributed by atoms with E-state index in [1.54, 1.807) is 0 Å². The van der Waals surface area contributed by atoms with Crippen molar-refractivity contribution < 1.29 is 4.79 Å². The molecule has 2 fully saturated rings. The van der Waals surface area contributed by atoms with Crippen LogP contribution in [0.15, 0.2) is 24.0 Å². The van der Waals surface area contributed by atoms with Crippen LogP contribution in [0.1, 0.15) is 52.4 Å². The molecule has 0 radical (unpaired) electrons. The molecule has 0 unspecified atom stereocenters. The molecule has 2 heterocycles. The number of amides is 1. The molecule has 23 heavy (non-hydrogen) atoms. The monoisotopic (exact) mass is 315 g/mol. The highest BCUT2D eigenvalue weighted by molar-refractivity contribution is 5.84. The van der Waals surface area contributed by atoms with Crippen molar-refractivity contribution in [2.24, 2.45) is 17.3 Å². The van der Waals surface area contributed by atoms with Crippen LogP contribution in [0.25, 0.3) is 0 Å². The fraction of sp³-hybridized carbons (Fsp3) is 0.684. The Morgan fingerprint density at radius 1 is 1.39 bits per heavy atom. The summed E-state index contributed by atoms with van der Waals surface area (Å²) in [5.74, 6) is 1.94. The number of imidazole rings is 1. The molecular weight excluding hydrogens is 286 g/mol. The van der Waals surface area contributed by atoms with Gasteiger partial charge in [0.1, 0.15) is 5.82 Å². The van der Waals surface area contributed by atoms with Crippen molar-refractivity contribution >= 4 is 5.91 Å². The first kappa shape index (κ1) is 16.3. The summed E-state index contributed by atoms with van der Waals surface area (Å²) in [5.41, 5.74) is 1.41. The van der Waals surface area contributed by atoms with E-state index in [0.29, 0.717) is 17.9 Å². The Morgan fingerprint density at radius 3 is 2.74 bits per heavy atom. The molecule has 1 saturated carbocycles. The number of carbonyl (C=O) groups excluding carboxylic acids is 1. The van der Waals surface area contributed by atoms with Gasteiger partial charge in [-0.2, -0.15) is 0 Å². The summed E-state index contributed by atoms with van der Waals surface area (Å²) < 4.78 is 2.23. The van der Waals surface area contributed by atoms with E-state index in [0.717, 1.165) is 31.8 Å². The molecule has 2 aliphatic rings. The van der Waals surface area contributed by atoms with Crippen LogP contribution >= 0.6 is 0 Å². The minimum Gasteiger partial charge on any atom is -0.340 e. The minimum absolute atomic E-state index is 0.103. The maximum Gasteiger partial charge on any atom is 0.226 e. The van der Waals surface area contributed by atoms with Crippen molar-refractivity contribution in [2.45, 2.75) is 53.5 Å². The van der Waals surface area contributed by atoms with Crippen LogP contribution in [0.2, 0.25) is 0 Å². The van der Waals surface area contributed by atoms with E-state index < -0.39 is 0 Å². The molecule has 1 aromatic rings. The second-order valence-electron chi connectivity index (χ2n) is 8.03. The molecule has 0 aromatic carbocycles. The predicted octanol–water partition coefficient (Wildman–Crippen LogP) is 3.59. The van der Waals surface area contributed by atoms with Gasteiger partial charge in [0.2, 0.25) is 5.91 Å². The van der Waals surface area contributed by atoms with Gasteiger partial charge in [0.05, 0.1) is 12.0 Å². The van der Waals surface area contributed by atoms with E-state index in [1.807, 2.05) is 19.3 Å². The lowest BCUT2D eigenvalue weighted by atomic mass is 10.0. The molecule has 0 N–H and O–H groups in total. The zero-order chi connectivity index (χ0) is 16.8. The van der Waals surface area contributed by atoms with Crippen LogP contribution in [0.3, 0.4) is 0 Å². The predicted molar refractivity (Wildman–Crippen MR) is 92.0 cm³/mol. The van der Waals surface area contributed by atoms with E-state index in [2.05, 4.69) is 48.2 Å². The molecule has 1 amide bonds. The number of hydrogen-bond donors (Lipinski definition) is 0. The Kier molecular flexibility index (Phi) is 4.11. The van der Waals surface area contributed by atoms with Crippen LogP contribution in [-0.4, -0.2) is 33.4 Å². The fourth-order valence-electron chi connectivity index (χ4n) is 4.17. The van der Waals surface area contributed by atoms with Gasteiger partial charge in [-0.3, -0.25) is 4.79 Å². The minimum atomic E-state index is 0.103. The maximum atomic E-state index is 13.0. The van der Waals surface area contributed by atoms with Crippen LogP contribution in [0.5, 0.6) is 0 Å². The van der Waals surface area contributed by atoms with Crippen LogP contribution in [0, 0.1) is 24.2 Å². The summed E-state index contributed by atoms with van der Waals surface area (Å²) >= 11 is 0. The van der Waals surface area contributed by atoms with Gasteiger partial charge >= 0.3 is 0 Å². The number of likely N-dealkylation sites (tertiary alicyclic amines) is 1. The molecule has 1 saturated heterocycles. The van der Waals surface area contributed by atoms with Gasteiger partial charge in [0.15, 0.2) is 0 Å². The van der Waals surface area contributed by atoms with Crippen LogP contribution in [0.4, 0.5) is 0 Å². The molecule has 126 valence electrons. The number of carbonyl (C=O) groups is 1. The van der Waals surface area contributed by atoms with Crippen molar-refractivity contribution in [3.63, 3.8) is 0 Å². The lowest BCUT2D eigenvalue weighted by molar-refractivity contribution is -0.135. The summed E-state index contributed by atoms with van der Waals surface area (Å²) in [7, 11) is 0. The number of aryl methyl sites for hydroxylation is 1. The van der Waals surface area contributed by atoms with Crippen molar-refractivity contribution in [3.8, 4) is 0 Å². The molecule has 4 nitrogen and oxygen atoms in total. The molecule has 1 aromatic heterocycles. The first-order valence-corrected chi connectivity index (χ1v) is 8.75. The quantitative estimate of drug-likeness (QED) is 0.799. The number of aromatic nitrogens is 2. The van der Waals surface area contributed by atoms with E-state index in [-0.39, 0.29) is 11.3 Å². The van der Waals surface area contributed by atoms with E-state index >= 15 is 0 Å². The second kappa shape index (κ2) is 5.81. The number of allylic oxidation sites excluding steroid dienone is 2. The highest BCUT2D eigenvalue weighted by Gasteiger charge is 2.61. The topological polar surface area (TPSA) is 38.1 Å². The molecule has 0 bridgehead atoms. The smallest absolute Gasteiger partial charge is 0.226 e.